The lowest BCUT2D eigenvalue weighted by Gasteiger charge is -2.07. The topological polar surface area (TPSA) is 72.0 Å². The van der Waals surface area contributed by atoms with Gasteiger partial charge in [0.15, 0.2) is 0 Å². The third-order valence-corrected chi connectivity index (χ3v) is 1.90. The molecule has 0 saturated carbocycles. The maximum Gasteiger partial charge on any atom is 0.391 e. The Morgan fingerprint density at radius 3 is 2.76 bits per heavy atom. The third kappa shape index (κ3) is 5.30. The zero-order valence-corrected chi connectivity index (χ0v) is 8.92. The predicted octanol–water partition coefficient (Wildman–Crippen LogP) is 1.83. The van der Waals surface area contributed by atoms with Crippen molar-refractivity contribution in [2.24, 2.45) is 5.73 Å². The number of nitrogens with one attached hydrogen (secondary N) is 1. The van der Waals surface area contributed by atoms with Crippen molar-refractivity contribution in [3.05, 3.63) is 29.6 Å². The van der Waals surface area contributed by atoms with Gasteiger partial charge in [0, 0.05) is 6.20 Å². The van der Waals surface area contributed by atoms with E-state index in [9.17, 15) is 13.2 Å². The second-order valence-corrected chi connectivity index (χ2v) is 3.38. The molecular formula is C10H12F3N3O. The molecule has 0 aliphatic heterocycles. The summed E-state index contributed by atoms with van der Waals surface area (Å²) in [5, 5.41) is 7.15. The van der Waals surface area contributed by atoms with Crippen molar-refractivity contribution < 1.29 is 17.9 Å². The van der Waals surface area contributed by atoms with Crippen molar-refractivity contribution >= 4 is 5.84 Å². The average Bonchev–Trinajstić information content (AvgIpc) is 2.23. The van der Waals surface area contributed by atoms with Gasteiger partial charge in [-0.05, 0) is 17.7 Å². The van der Waals surface area contributed by atoms with E-state index in [4.69, 9.17) is 15.9 Å². The highest BCUT2D eigenvalue weighted by atomic mass is 19.4. The maximum atomic E-state index is 11.8. The van der Waals surface area contributed by atoms with Crippen molar-refractivity contribution in [2.45, 2.75) is 19.2 Å². The van der Waals surface area contributed by atoms with E-state index in [1.165, 1.54) is 12.3 Å². The molecule has 3 N–H and O–H groups in total. The van der Waals surface area contributed by atoms with E-state index in [0.29, 0.717) is 5.56 Å². The van der Waals surface area contributed by atoms with E-state index >= 15 is 0 Å². The molecule has 0 atom stereocenters. The normalized spacial score (nSPS) is 11.5. The maximum absolute atomic E-state index is 11.8. The van der Waals surface area contributed by atoms with Gasteiger partial charge in [0.2, 0.25) is 0 Å². The molecule has 4 nitrogen and oxygen atoms in total. The fraction of sp³-hybridized carbons (Fsp3) is 0.400. The van der Waals surface area contributed by atoms with Crippen LogP contribution in [-0.4, -0.2) is 23.6 Å². The van der Waals surface area contributed by atoms with Crippen LogP contribution in [0.15, 0.2) is 18.3 Å². The molecule has 0 unspecified atom stereocenters. The minimum atomic E-state index is -4.21. The molecule has 1 heterocycles. The third-order valence-electron chi connectivity index (χ3n) is 1.90. The van der Waals surface area contributed by atoms with E-state index in [1.807, 2.05) is 0 Å². The van der Waals surface area contributed by atoms with Crippen LogP contribution in [0.1, 0.15) is 17.7 Å². The number of amidine groups is 1. The largest absolute Gasteiger partial charge is 0.391 e. The molecule has 7 heteroatoms. The van der Waals surface area contributed by atoms with Gasteiger partial charge in [0.05, 0.1) is 19.6 Å². The highest BCUT2D eigenvalue weighted by Gasteiger charge is 2.26. The molecule has 0 radical (unpaired) electrons. The van der Waals surface area contributed by atoms with E-state index in [-0.39, 0.29) is 24.7 Å². The first-order valence-electron chi connectivity index (χ1n) is 4.82. The van der Waals surface area contributed by atoms with Crippen LogP contribution in [0.2, 0.25) is 0 Å². The van der Waals surface area contributed by atoms with Crippen LogP contribution in [0, 0.1) is 5.41 Å². The number of alkyl halides is 3. The van der Waals surface area contributed by atoms with Crippen LogP contribution < -0.4 is 5.73 Å². The zero-order valence-electron chi connectivity index (χ0n) is 8.92. The van der Waals surface area contributed by atoms with Gasteiger partial charge in [0.25, 0.3) is 0 Å². The Morgan fingerprint density at radius 1 is 1.47 bits per heavy atom. The summed E-state index contributed by atoms with van der Waals surface area (Å²) in [7, 11) is 0. The first-order valence-corrected chi connectivity index (χ1v) is 4.82. The number of hydrogen-bond acceptors (Lipinski definition) is 3. The lowest BCUT2D eigenvalue weighted by atomic mass is 10.2. The number of nitrogen functional groups attached to an aromatic ring is 1. The Kier molecular flexibility index (Phi) is 4.45. The summed E-state index contributed by atoms with van der Waals surface area (Å²) < 4.78 is 40.3. The molecule has 0 fully saturated rings. The molecule has 1 rings (SSSR count). The number of hydrogen-bond donors (Lipinski definition) is 2. The molecule has 0 amide bonds. The fourth-order valence-electron chi connectivity index (χ4n) is 1.09. The van der Waals surface area contributed by atoms with Gasteiger partial charge in [-0.2, -0.15) is 13.2 Å². The highest BCUT2D eigenvalue weighted by Crippen LogP contribution is 2.19. The van der Waals surface area contributed by atoms with Crippen molar-refractivity contribution in [2.75, 3.05) is 6.61 Å². The molecule has 1 aromatic heterocycles. The minimum Gasteiger partial charge on any atom is -0.382 e. The Bertz CT molecular complexity index is 393. The van der Waals surface area contributed by atoms with Crippen molar-refractivity contribution in [3.8, 4) is 0 Å². The smallest absolute Gasteiger partial charge is 0.382 e. The summed E-state index contributed by atoms with van der Waals surface area (Å²) in [5.41, 5.74) is 6.14. The molecule has 94 valence electrons. The van der Waals surface area contributed by atoms with Crippen LogP contribution >= 0.6 is 0 Å². The molecule has 0 aliphatic rings. The SMILES string of the molecule is N=C(N)c1cc(COCCC(F)(F)F)ccn1. The molecule has 0 aromatic carbocycles. The van der Waals surface area contributed by atoms with Gasteiger partial charge in [-0.3, -0.25) is 10.4 Å². The standard InChI is InChI=1S/C10H12F3N3O/c11-10(12,13)2-4-17-6-7-1-3-16-8(5-7)9(14)15/h1,3,5H,2,4,6H2,(H3,14,15). The Balaban J connectivity index is 2.42. The van der Waals surface area contributed by atoms with Gasteiger partial charge < -0.3 is 10.5 Å². The second kappa shape index (κ2) is 5.62. The lowest BCUT2D eigenvalue weighted by Crippen LogP contribution is -2.14. The summed E-state index contributed by atoms with van der Waals surface area (Å²) >= 11 is 0. The van der Waals surface area contributed by atoms with Crippen LogP contribution in [0.25, 0.3) is 0 Å². The van der Waals surface area contributed by atoms with Crippen LogP contribution in [0.3, 0.4) is 0 Å². The summed E-state index contributed by atoms with van der Waals surface area (Å²) in [6.45, 7) is -0.347. The van der Waals surface area contributed by atoms with Gasteiger partial charge in [-0.25, -0.2) is 0 Å². The van der Waals surface area contributed by atoms with E-state index < -0.39 is 12.6 Å². The van der Waals surface area contributed by atoms with E-state index in [2.05, 4.69) is 4.98 Å². The number of nitrogens with two attached hydrogens (primary N) is 1. The highest BCUT2D eigenvalue weighted by molar-refractivity contribution is 5.93. The number of ether oxygens (including phenoxy) is 1. The number of nitrogens with zero attached hydrogens (tertiary/aromatic N) is 1. The summed E-state index contributed by atoms with van der Waals surface area (Å²) in [6.07, 6.45) is -3.75. The van der Waals surface area contributed by atoms with Crippen LogP contribution in [0.4, 0.5) is 13.2 Å². The van der Waals surface area contributed by atoms with Crippen LogP contribution in [-0.2, 0) is 11.3 Å². The lowest BCUT2D eigenvalue weighted by molar-refractivity contribution is -0.146. The predicted molar refractivity (Wildman–Crippen MR) is 55.6 cm³/mol. The summed E-state index contributed by atoms with van der Waals surface area (Å²) in [5.74, 6) is -0.192. The number of aromatic nitrogens is 1. The molecule has 1 aromatic rings. The first-order chi connectivity index (χ1) is 7.88. The first kappa shape index (κ1) is 13.4. The zero-order chi connectivity index (χ0) is 12.9. The van der Waals surface area contributed by atoms with Gasteiger partial charge in [0.1, 0.15) is 11.5 Å². The molecule has 0 saturated heterocycles. The Hall–Kier alpha value is -1.63. The van der Waals surface area contributed by atoms with Gasteiger partial charge in [-0.1, -0.05) is 0 Å². The summed E-state index contributed by atoms with van der Waals surface area (Å²) in [4.78, 5) is 3.82. The van der Waals surface area contributed by atoms with Gasteiger partial charge in [-0.15, -0.1) is 0 Å². The Labute approximate surface area is 96.1 Å². The molecule has 0 aliphatic carbocycles. The molecule has 17 heavy (non-hydrogen) atoms. The van der Waals surface area contributed by atoms with E-state index in [0.717, 1.165) is 0 Å². The molecule has 0 bridgehead atoms. The van der Waals surface area contributed by atoms with Crippen LogP contribution in [0.5, 0.6) is 0 Å². The minimum absolute atomic E-state index is 0.0406. The summed E-state index contributed by atoms with van der Waals surface area (Å²) in [6, 6.07) is 3.11. The Morgan fingerprint density at radius 2 is 2.18 bits per heavy atom. The van der Waals surface area contributed by atoms with Crippen molar-refractivity contribution in [1.82, 2.24) is 4.98 Å². The van der Waals surface area contributed by atoms with Gasteiger partial charge >= 0.3 is 6.18 Å². The monoisotopic (exact) mass is 247 g/mol. The number of pyridine rings is 1. The van der Waals surface area contributed by atoms with E-state index in [1.54, 1.807) is 6.07 Å². The van der Waals surface area contributed by atoms with Crippen molar-refractivity contribution in [1.29, 1.82) is 5.41 Å². The van der Waals surface area contributed by atoms with Crippen molar-refractivity contribution in [3.63, 3.8) is 0 Å². The fourth-order valence-corrected chi connectivity index (χ4v) is 1.09. The quantitative estimate of drug-likeness (QED) is 0.473. The molecule has 0 spiro atoms. The molecular weight excluding hydrogens is 235 g/mol. The number of halogens is 3. The number of rotatable bonds is 5. The average molecular weight is 247 g/mol. The second-order valence-electron chi connectivity index (χ2n) is 3.38.